The lowest BCUT2D eigenvalue weighted by molar-refractivity contribution is 0.0343. The molecule has 35 heavy (non-hydrogen) atoms. The zero-order chi connectivity index (χ0) is 26.2. The number of ether oxygens (including phenoxy) is 2. The highest BCUT2D eigenvalue weighted by atomic mass is 16.6. The van der Waals surface area contributed by atoms with Crippen LogP contribution < -0.4 is 20.6 Å². The number of anilines is 3. The van der Waals surface area contributed by atoms with Gasteiger partial charge in [0.25, 0.3) is 0 Å². The van der Waals surface area contributed by atoms with Gasteiger partial charge in [-0.1, -0.05) is 13.8 Å². The number of hydrogen-bond acceptors (Lipinski definition) is 7. The summed E-state index contributed by atoms with van der Waals surface area (Å²) in [5.74, 6) is 0. The number of carbonyl (C=O) groups excluding carboxylic acids is 2. The number of benzene rings is 1. The van der Waals surface area contributed by atoms with Crippen molar-refractivity contribution in [2.24, 2.45) is 5.41 Å². The summed E-state index contributed by atoms with van der Waals surface area (Å²) in [6, 6.07) is 3.71. The zero-order valence-electron chi connectivity index (χ0n) is 22.6. The standard InChI is InChI=1S/C25H40BN3O6/c1-23(2,3)34-21(30)27-18-14-19-20(13-17(18)26-32-15-25(7,8)16-33-26)29(12-10-11-28(19)9)22(31)35-24(4,5)6/h13-14H,10-12,15-16H2,1-9H3,(H,27,30). The molecular formula is C25H40BN3O6. The van der Waals surface area contributed by atoms with Gasteiger partial charge in [0.15, 0.2) is 0 Å². The molecule has 0 atom stereocenters. The van der Waals surface area contributed by atoms with Crippen LogP contribution in [0.3, 0.4) is 0 Å². The van der Waals surface area contributed by atoms with E-state index in [0.717, 1.165) is 18.7 Å². The van der Waals surface area contributed by atoms with Gasteiger partial charge in [0.2, 0.25) is 0 Å². The molecule has 2 aliphatic rings. The van der Waals surface area contributed by atoms with E-state index in [1.54, 1.807) is 4.90 Å². The third kappa shape index (κ3) is 7.27. The molecule has 0 bridgehead atoms. The highest BCUT2D eigenvalue weighted by molar-refractivity contribution is 6.63. The quantitative estimate of drug-likeness (QED) is 0.617. The second kappa shape index (κ2) is 9.89. The van der Waals surface area contributed by atoms with Crippen LogP contribution in [0.25, 0.3) is 0 Å². The van der Waals surface area contributed by atoms with Crippen LogP contribution in [0.5, 0.6) is 0 Å². The highest BCUT2D eigenvalue weighted by Crippen LogP contribution is 2.35. The van der Waals surface area contributed by atoms with Crippen molar-refractivity contribution < 1.29 is 28.4 Å². The SMILES string of the molecule is CN1CCCN(C(=O)OC(C)(C)C)c2cc(B3OCC(C)(C)CO3)c(NC(=O)OC(C)(C)C)cc21. The van der Waals surface area contributed by atoms with Crippen molar-refractivity contribution in [3.63, 3.8) is 0 Å². The summed E-state index contributed by atoms with van der Waals surface area (Å²) in [6.07, 6.45) is -0.228. The average Bonchev–Trinajstić information content (AvgIpc) is 2.84. The first-order valence-electron chi connectivity index (χ1n) is 12.2. The Hall–Kier alpha value is -2.46. The molecule has 10 heteroatoms. The van der Waals surface area contributed by atoms with E-state index in [1.165, 1.54) is 0 Å². The minimum atomic E-state index is -0.702. The summed E-state index contributed by atoms with van der Waals surface area (Å²) in [6.45, 7) is 17.4. The van der Waals surface area contributed by atoms with E-state index in [-0.39, 0.29) is 5.41 Å². The normalized spacial score (nSPS) is 18.5. The molecule has 0 aromatic heterocycles. The number of amides is 2. The molecule has 0 spiro atoms. The Morgan fingerprint density at radius 1 is 0.971 bits per heavy atom. The fraction of sp³-hybridized carbons (Fsp3) is 0.680. The summed E-state index contributed by atoms with van der Waals surface area (Å²) in [5, 5.41) is 2.88. The zero-order valence-corrected chi connectivity index (χ0v) is 22.6. The van der Waals surface area contributed by atoms with E-state index in [4.69, 9.17) is 18.8 Å². The van der Waals surface area contributed by atoms with Crippen LogP contribution in [0.2, 0.25) is 0 Å². The van der Waals surface area contributed by atoms with E-state index >= 15 is 0 Å². The summed E-state index contributed by atoms with van der Waals surface area (Å²) >= 11 is 0. The lowest BCUT2D eigenvalue weighted by atomic mass is 9.74. The Kier molecular flexibility index (Phi) is 7.67. The van der Waals surface area contributed by atoms with E-state index in [2.05, 4.69) is 24.1 Å². The van der Waals surface area contributed by atoms with Crippen molar-refractivity contribution in [2.75, 3.05) is 48.5 Å². The lowest BCUT2D eigenvalue weighted by Crippen LogP contribution is -2.49. The Morgan fingerprint density at radius 3 is 2.14 bits per heavy atom. The minimum Gasteiger partial charge on any atom is -0.444 e. The van der Waals surface area contributed by atoms with Crippen LogP contribution in [0.4, 0.5) is 26.7 Å². The Bertz CT molecular complexity index is 944. The second-order valence-electron chi connectivity index (χ2n) is 12.1. The summed E-state index contributed by atoms with van der Waals surface area (Å²) in [7, 11) is 1.26. The van der Waals surface area contributed by atoms with Gasteiger partial charge in [-0.15, -0.1) is 0 Å². The molecule has 1 N–H and O–H groups in total. The smallest absolute Gasteiger partial charge is 0.444 e. The van der Waals surface area contributed by atoms with E-state index in [9.17, 15) is 9.59 Å². The maximum Gasteiger partial charge on any atom is 0.496 e. The molecule has 0 saturated carbocycles. The Balaban J connectivity index is 2.06. The second-order valence-corrected chi connectivity index (χ2v) is 12.1. The van der Waals surface area contributed by atoms with Gasteiger partial charge in [0.05, 0.1) is 11.4 Å². The Morgan fingerprint density at radius 2 is 1.57 bits per heavy atom. The molecule has 1 fully saturated rings. The molecule has 2 amide bonds. The lowest BCUT2D eigenvalue weighted by Gasteiger charge is -2.34. The molecule has 3 rings (SSSR count). The highest BCUT2D eigenvalue weighted by Gasteiger charge is 2.38. The number of fused-ring (bicyclic) bond motifs is 1. The predicted molar refractivity (Wildman–Crippen MR) is 139 cm³/mol. The van der Waals surface area contributed by atoms with Gasteiger partial charge < -0.3 is 23.7 Å². The fourth-order valence-corrected chi connectivity index (χ4v) is 3.92. The number of hydrogen-bond donors (Lipinski definition) is 1. The fourth-order valence-electron chi connectivity index (χ4n) is 3.92. The maximum absolute atomic E-state index is 13.2. The average molecular weight is 489 g/mol. The van der Waals surface area contributed by atoms with Gasteiger partial charge in [-0.25, -0.2) is 9.59 Å². The van der Waals surface area contributed by atoms with Crippen molar-refractivity contribution in [3.8, 4) is 0 Å². The minimum absolute atomic E-state index is 0.121. The van der Waals surface area contributed by atoms with Gasteiger partial charge in [-0.3, -0.25) is 10.2 Å². The molecule has 1 saturated heterocycles. The number of nitrogens with zero attached hydrogens (tertiary/aromatic N) is 2. The third-order valence-electron chi connectivity index (χ3n) is 5.48. The first-order chi connectivity index (χ1) is 16.0. The van der Waals surface area contributed by atoms with Gasteiger partial charge in [0, 0.05) is 49.9 Å². The van der Waals surface area contributed by atoms with Crippen LogP contribution in [0.1, 0.15) is 61.8 Å². The summed E-state index contributed by atoms with van der Waals surface area (Å²) in [4.78, 5) is 29.6. The van der Waals surface area contributed by atoms with Crippen molar-refractivity contribution in [1.29, 1.82) is 0 Å². The van der Waals surface area contributed by atoms with Crippen LogP contribution in [0.15, 0.2) is 12.1 Å². The van der Waals surface area contributed by atoms with Crippen LogP contribution in [-0.2, 0) is 18.8 Å². The molecule has 0 unspecified atom stereocenters. The third-order valence-corrected chi connectivity index (χ3v) is 5.48. The molecule has 2 aliphatic heterocycles. The van der Waals surface area contributed by atoms with E-state index in [1.807, 2.05) is 60.7 Å². The molecule has 0 radical (unpaired) electrons. The largest absolute Gasteiger partial charge is 0.496 e. The van der Waals surface area contributed by atoms with Crippen molar-refractivity contribution in [2.45, 2.75) is 73.0 Å². The van der Waals surface area contributed by atoms with Crippen LogP contribution in [-0.4, -0.2) is 63.9 Å². The van der Waals surface area contributed by atoms with Gasteiger partial charge in [-0.2, -0.15) is 0 Å². The van der Waals surface area contributed by atoms with E-state index < -0.39 is 30.5 Å². The number of carbonyl (C=O) groups is 2. The number of nitrogens with one attached hydrogen (secondary N) is 1. The molecular weight excluding hydrogens is 449 g/mol. The first kappa shape index (κ1) is 27.1. The monoisotopic (exact) mass is 489 g/mol. The van der Waals surface area contributed by atoms with E-state index in [0.29, 0.717) is 36.6 Å². The molecule has 0 aliphatic carbocycles. The summed E-state index contributed by atoms with van der Waals surface area (Å²) < 4.78 is 23.3. The Labute approximate surface area is 209 Å². The van der Waals surface area contributed by atoms with Gasteiger partial charge in [-0.05, 0) is 60.1 Å². The molecule has 1 aromatic rings. The van der Waals surface area contributed by atoms with Crippen molar-refractivity contribution in [1.82, 2.24) is 0 Å². The maximum atomic E-state index is 13.2. The van der Waals surface area contributed by atoms with Gasteiger partial charge >= 0.3 is 19.3 Å². The van der Waals surface area contributed by atoms with Gasteiger partial charge in [0.1, 0.15) is 11.2 Å². The van der Waals surface area contributed by atoms with Crippen molar-refractivity contribution in [3.05, 3.63) is 12.1 Å². The molecule has 2 heterocycles. The predicted octanol–water partition coefficient (Wildman–Crippen LogP) is 4.38. The molecule has 194 valence electrons. The molecule has 9 nitrogen and oxygen atoms in total. The number of rotatable bonds is 2. The summed E-state index contributed by atoms with van der Waals surface area (Å²) in [5.41, 5.74) is 1.21. The topological polar surface area (TPSA) is 89.6 Å². The van der Waals surface area contributed by atoms with Crippen molar-refractivity contribution >= 4 is 41.8 Å². The first-order valence-corrected chi connectivity index (χ1v) is 12.2. The van der Waals surface area contributed by atoms with Crippen LogP contribution in [0, 0.1) is 5.41 Å². The van der Waals surface area contributed by atoms with Crippen LogP contribution >= 0.6 is 0 Å². The molecule has 1 aromatic carbocycles.